The van der Waals surface area contributed by atoms with Crippen LogP contribution in [0, 0.1) is 11.8 Å². The standard InChI is InChI=1S/C34H28P2/c1-5-17-28(18-6-1)35(29-19-7-2-8-20-29)32-25-13-15-27-16-14-26-33(34(27)32)36(30-21-9-3-10-22-30)31-23-11-4-12-24-31/h1-27,34H. The van der Waals surface area contributed by atoms with Gasteiger partial charge in [0, 0.05) is 11.8 Å². The lowest BCUT2D eigenvalue weighted by molar-refractivity contribution is 0.639. The van der Waals surface area contributed by atoms with Crippen molar-refractivity contribution in [1.82, 2.24) is 0 Å². The molecule has 6 rings (SSSR count). The minimum atomic E-state index is -0.656. The highest BCUT2D eigenvalue weighted by atomic mass is 31.1. The van der Waals surface area contributed by atoms with Gasteiger partial charge in [-0.2, -0.15) is 0 Å². The van der Waals surface area contributed by atoms with Gasteiger partial charge in [0.1, 0.15) is 0 Å². The molecule has 2 aliphatic rings. The van der Waals surface area contributed by atoms with Crippen molar-refractivity contribution in [2.45, 2.75) is 0 Å². The molecule has 0 amide bonds. The van der Waals surface area contributed by atoms with Gasteiger partial charge in [-0.1, -0.05) is 158 Å². The zero-order chi connectivity index (χ0) is 24.2. The number of allylic oxidation sites excluding steroid dienone is 8. The molecule has 4 aromatic rings. The fraction of sp³-hybridized carbons (Fsp3) is 0.0588. The van der Waals surface area contributed by atoms with Crippen molar-refractivity contribution in [3.05, 3.63) is 168 Å². The van der Waals surface area contributed by atoms with Gasteiger partial charge < -0.3 is 0 Å². The summed E-state index contributed by atoms with van der Waals surface area (Å²) >= 11 is 0. The number of fused-ring (bicyclic) bond motifs is 1. The van der Waals surface area contributed by atoms with Gasteiger partial charge in [-0.25, -0.2) is 0 Å². The predicted molar refractivity (Wildman–Crippen MR) is 160 cm³/mol. The molecule has 0 saturated heterocycles. The zero-order valence-corrected chi connectivity index (χ0v) is 21.8. The molecule has 2 heteroatoms. The molecule has 0 atom stereocenters. The van der Waals surface area contributed by atoms with Crippen LogP contribution in [-0.2, 0) is 0 Å². The Labute approximate surface area is 216 Å². The average molecular weight is 499 g/mol. The maximum absolute atomic E-state index is 2.42. The van der Waals surface area contributed by atoms with Crippen molar-refractivity contribution in [3.8, 4) is 0 Å². The van der Waals surface area contributed by atoms with Crippen molar-refractivity contribution in [2.75, 3.05) is 0 Å². The van der Waals surface area contributed by atoms with Gasteiger partial charge in [0.15, 0.2) is 0 Å². The Morgan fingerprint density at radius 3 is 1.00 bits per heavy atom. The molecule has 0 unspecified atom stereocenters. The van der Waals surface area contributed by atoms with Gasteiger partial charge in [0.2, 0.25) is 0 Å². The normalized spacial score (nSPS) is 18.6. The lowest BCUT2D eigenvalue weighted by Crippen LogP contribution is -2.27. The first-order valence-electron chi connectivity index (χ1n) is 12.5. The molecule has 36 heavy (non-hydrogen) atoms. The number of hydrogen-bond acceptors (Lipinski definition) is 0. The Morgan fingerprint density at radius 2 is 0.694 bits per heavy atom. The summed E-state index contributed by atoms with van der Waals surface area (Å²) < 4.78 is 0. The van der Waals surface area contributed by atoms with E-state index in [1.807, 2.05) is 0 Å². The molecular weight excluding hydrogens is 470 g/mol. The summed E-state index contributed by atoms with van der Waals surface area (Å²) in [6.45, 7) is 0. The van der Waals surface area contributed by atoms with Gasteiger partial charge in [0.25, 0.3) is 0 Å². The van der Waals surface area contributed by atoms with E-state index in [9.17, 15) is 0 Å². The SMILES string of the molecule is C1=CC2C=CC=C(P(c3ccccc3)c3ccccc3)C2C(P(c2ccccc2)c2ccccc2)=C1. The van der Waals surface area contributed by atoms with Crippen LogP contribution in [0.15, 0.2) is 168 Å². The number of rotatable bonds is 6. The van der Waals surface area contributed by atoms with E-state index < -0.39 is 15.8 Å². The minimum Gasteiger partial charge on any atom is -0.0766 e. The lowest BCUT2D eigenvalue weighted by Gasteiger charge is -2.39. The van der Waals surface area contributed by atoms with Crippen LogP contribution in [0.2, 0.25) is 0 Å². The van der Waals surface area contributed by atoms with Gasteiger partial charge in [-0.05, 0) is 47.7 Å². The molecule has 0 saturated carbocycles. The highest BCUT2D eigenvalue weighted by molar-refractivity contribution is 7.78. The summed E-state index contributed by atoms with van der Waals surface area (Å²) in [7, 11) is -1.31. The molecule has 0 heterocycles. The van der Waals surface area contributed by atoms with E-state index in [1.54, 1.807) is 10.6 Å². The van der Waals surface area contributed by atoms with Crippen LogP contribution < -0.4 is 21.2 Å². The molecular formula is C34H28P2. The van der Waals surface area contributed by atoms with E-state index in [-0.39, 0.29) is 0 Å². The highest BCUT2D eigenvalue weighted by Gasteiger charge is 2.37. The second-order valence-corrected chi connectivity index (χ2v) is 13.5. The third-order valence-electron chi connectivity index (χ3n) is 6.80. The molecule has 2 aliphatic carbocycles. The maximum atomic E-state index is 2.42. The summed E-state index contributed by atoms with van der Waals surface area (Å²) in [4.78, 5) is 0. The van der Waals surface area contributed by atoms with Crippen molar-refractivity contribution >= 4 is 37.1 Å². The van der Waals surface area contributed by atoms with Crippen molar-refractivity contribution in [3.63, 3.8) is 0 Å². The van der Waals surface area contributed by atoms with Gasteiger partial charge in [0.05, 0.1) is 0 Å². The fourth-order valence-electron chi connectivity index (χ4n) is 5.23. The van der Waals surface area contributed by atoms with Crippen molar-refractivity contribution in [1.29, 1.82) is 0 Å². The molecule has 0 bridgehead atoms. The second kappa shape index (κ2) is 10.8. The minimum absolute atomic E-state index is 0.345. The van der Waals surface area contributed by atoms with Gasteiger partial charge in [-0.15, -0.1) is 0 Å². The predicted octanol–water partition coefficient (Wildman–Crippen LogP) is 7.39. The Hall–Kier alpha value is -3.30. The highest BCUT2D eigenvalue weighted by Crippen LogP contribution is 2.59. The number of hydrogen-bond donors (Lipinski definition) is 0. The summed E-state index contributed by atoms with van der Waals surface area (Å²) in [5, 5.41) is 8.75. The summed E-state index contributed by atoms with van der Waals surface area (Å²) in [5.41, 5.74) is 0. The average Bonchev–Trinajstić information content (AvgIpc) is 2.96. The Kier molecular flexibility index (Phi) is 6.91. The Morgan fingerprint density at radius 1 is 0.389 bits per heavy atom. The molecule has 0 N–H and O–H groups in total. The van der Waals surface area contributed by atoms with Crippen LogP contribution in [0.5, 0.6) is 0 Å². The van der Waals surface area contributed by atoms with Crippen LogP contribution in [0.25, 0.3) is 0 Å². The van der Waals surface area contributed by atoms with E-state index in [4.69, 9.17) is 0 Å². The zero-order valence-electron chi connectivity index (χ0n) is 20.1. The quantitative estimate of drug-likeness (QED) is 0.243. The van der Waals surface area contributed by atoms with E-state index in [0.29, 0.717) is 11.8 Å². The molecule has 0 aromatic heterocycles. The van der Waals surface area contributed by atoms with Crippen LogP contribution in [-0.4, -0.2) is 0 Å². The molecule has 0 spiro atoms. The van der Waals surface area contributed by atoms with Crippen LogP contribution >= 0.6 is 15.8 Å². The van der Waals surface area contributed by atoms with Crippen LogP contribution in [0.3, 0.4) is 0 Å². The van der Waals surface area contributed by atoms with Gasteiger partial charge in [-0.3, -0.25) is 0 Å². The van der Waals surface area contributed by atoms with Crippen LogP contribution in [0.1, 0.15) is 0 Å². The first-order chi connectivity index (χ1) is 17.9. The largest absolute Gasteiger partial charge is 0.0766 e. The van der Waals surface area contributed by atoms with Gasteiger partial charge >= 0.3 is 0 Å². The smallest absolute Gasteiger partial charge is 0.0208 e. The molecule has 4 aromatic carbocycles. The molecule has 0 nitrogen and oxygen atoms in total. The molecule has 174 valence electrons. The third-order valence-corrected chi connectivity index (χ3v) is 11.9. The molecule has 0 aliphatic heterocycles. The summed E-state index contributed by atoms with van der Waals surface area (Å²) in [5.74, 6) is 0.720. The van der Waals surface area contributed by atoms with E-state index in [0.717, 1.165) is 0 Å². The maximum Gasteiger partial charge on any atom is 0.0208 e. The van der Waals surface area contributed by atoms with E-state index in [2.05, 4.69) is 158 Å². The first-order valence-corrected chi connectivity index (χ1v) is 15.2. The van der Waals surface area contributed by atoms with Crippen LogP contribution in [0.4, 0.5) is 0 Å². The molecule has 0 radical (unpaired) electrons. The third kappa shape index (κ3) is 4.60. The Balaban J connectivity index is 1.52. The monoisotopic (exact) mass is 498 g/mol. The van der Waals surface area contributed by atoms with E-state index in [1.165, 1.54) is 21.2 Å². The Bertz CT molecular complexity index is 1230. The fourth-order valence-corrected chi connectivity index (χ4v) is 10.7. The van der Waals surface area contributed by atoms with Crippen molar-refractivity contribution in [2.24, 2.45) is 11.8 Å². The van der Waals surface area contributed by atoms with Crippen molar-refractivity contribution < 1.29 is 0 Å². The summed E-state index contributed by atoms with van der Waals surface area (Å²) in [6, 6.07) is 44.5. The first kappa shape index (κ1) is 23.1. The summed E-state index contributed by atoms with van der Waals surface area (Å²) in [6.07, 6.45) is 14.2. The lowest BCUT2D eigenvalue weighted by atomic mass is 9.84. The van der Waals surface area contributed by atoms with E-state index >= 15 is 0 Å². The topological polar surface area (TPSA) is 0 Å². The number of benzene rings is 4. The molecule has 0 fully saturated rings. The second-order valence-electron chi connectivity index (χ2n) is 9.02.